The van der Waals surface area contributed by atoms with Crippen molar-refractivity contribution in [3.8, 4) is 0 Å². The molecule has 0 spiro atoms. The first kappa shape index (κ1) is 12.8. The van der Waals surface area contributed by atoms with Crippen LogP contribution in [0.4, 0.5) is 4.79 Å². The van der Waals surface area contributed by atoms with Crippen LogP contribution in [0.5, 0.6) is 0 Å². The second-order valence-corrected chi connectivity index (χ2v) is 6.25. The van der Waals surface area contributed by atoms with Crippen LogP contribution in [0.2, 0.25) is 0 Å². The molecule has 1 fully saturated rings. The number of hydrogen-bond acceptors (Lipinski definition) is 4. The van der Waals surface area contributed by atoms with Gasteiger partial charge in [0.2, 0.25) is 0 Å². The van der Waals surface area contributed by atoms with E-state index in [2.05, 4.69) is 0 Å². The molecule has 1 aliphatic rings. The number of rotatable bonds is 3. The van der Waals surface area contributed by atoms with Gasteiger partial charge in [0.1, 0.15) is 6.10 Å². The minimum absolute atomic E-state index is 0.153. The molecule has 0 heterocycles. The molecular weight excluding hydrogens is 252 g/mol. The third-order valence-electron chi connectivity index (χ3n) is 2.76. The summed E-state index contributed by atoms with van der Waals surface area (Å²) in [6, 6.07) is 9.89. The predicted molar refractivity (Wildman–Crippen MR) is 73.2 cm³/mol. The molecule has 0 atom stereocenters. The van der Waals surface area contributed by atoms with E-state index < -0.39 is 0 Å². The summed E-state index contributed by atoms with van der Waals surface area (Å²) < 4.78 is 5.42. The van der Waals surface area contributed by atoms with Crippen LogP contribution in [0, 0.1) is 0 Å². The zero-order chi connectivity index (χ0) is 11.9. The third-order valence-corrected chi connectivity index (χ3v) is 4.78. The van der Waals surface area contributed by atoms with Crippen molar-refractivity contribution in [3.05, 3.63) is 30.3 Å². The highest BCUT2D eigenvalue weighted by Gasteiger charge is 2.18. The van der Waals surface area contributed by atoms with Crippen LogP contribution in [0.15, 0.2) is 35.2 Å². The van der Waals surface area contributed by atoms with Crippen LogP contribution in [0.1, 0.15) is 32.1 Å². The summed E-state index contributed by atoms with van der Waals surface area (Å²) in [5.74, 6) is 0. The predicted octanol–water partition coefficient (Wildman–Crippen LogP) is 4.90. The van der Waals surface area contributed by atoms with Gasteiger partial charge in [-0.05, 0) is 48.6 Å². The molecule has 0 aromatic heterocycles. The molecule has 0 bridgehead atoms. The van der Waals surface area contributed by atoms with E-state index in [9.17, 15) is 4.79 Å². The maximum Gasteiger partial charge on any atom is 0.378 e. The first-order chi connectivity index (χ1) is 8.34. The highest BCUT2D eigenvalue weighted by atomic mass is 33.1. The number of carbonyl (C=O) groups excluding carboxylic acids is 1. The van der Waals surface area contributed by atoms with Crippen molar-refractivity contribution in [1.29, 1.82) is 0 Å². The number of hydrogen-bond donors (Lipinski definition) is 0. The molecule has 0 radical (unpaired) electrons. The average Bonchev–Trinajstić information content (AvgIpc) is 2.39. The highest BCUT2D eigenvalue weighted by molar-refractivity contribution is 8.82. The van der Waals surface area contributed by atoms with Crippen molar-refractivity contribution >= 4 is 26.9 Å². The summed E-state index contributed by atoms with van der Waals surface area (Å²) in [6.07, 6.45) is 5.87. The molecule has 1 aliphatic carbocycles. The number of benzene rings is 1. The van der Waals surface area contributed by atoms with E-state index in [1.165, 1.54) is 40.9 Å². The Balaban J connectivity index is 1.70. The minimum Gasteiger partial charge on any atom is -0.454 e. The van der Waals surface area contributed by atoms with Crippen LogP contribution >= 0.6 is 21.6 Å². The molecule has 92 valence electrons. The van der Waals surface area contributed by atoms with Crippen molar-refractivity contribution < 1.29 is 9.53 Å². The van der Waals surface area contributed by atoms with Gasteiger partial charge in [-0.2, -0.15) is 0 Å². The van der Waals surface area contributed by atoms with Gasteiger partial charge in [-0.1, -0.05) is 24.6 Å². The highest BCUT2D eigenvalue weighted by Crippen LogP contribution is 2.33. The van der Waals surface area contributed by atoms with Crippen LogP contribution in [0.3, 0.4) is 0 Å². The topological polar surface area (TPSA) is 26.3 Å². The lowest BCUT2D eigenvalue weighted by atomic mass is 9.98. The Morgan fingerprint density at radius 1 is 1.12 bits per heavy atom. The zero-order valence-corrected chi connectivity index (χ0v) is 11.3. The van der Waals surface area contributed by atoms with Crippen molar-refractivity contribution in [2.45, 2.75) is 43.1 Å². The van der Waals surface area contributed by atoms with E-state index in [0.717, 1.165) is 17.7 Å². The maximum absolute atomic E-state index is 11.6. The van der Waals surface area contributed by atoms with Gasteiger partial charge in [-0.15, -0.1) is 0 Å². The summed E-state index contributed by atoms with van der Waals surface area (Å²) >= 11 is 0. The molecule has 0 unspecified atom stereocenters. The first-order valence-corrected chi connectivity index (χ1v) is 8.10. The summed E-state index contributed by atoms with van der Waals surface area (Å²) in [4.78, 5) is 12.7. The van der Waals surface area contributed by atoms with Gasteiger partial charge in [-0.3, -0.25) is 0 Å². The van der Waals surface area contributed by atoms with Crippen LogP contribution in [-0.2, 0) is 4.74 Å². The fourth-order valence-electron chi connectivity index (χ4n) is 1.90. The Kier molecular flexibility index (Phi) is 5.26. The molecule has 1 aromatic carbocycles. The molecule has 2 rings (SSSR count). The largest absolute Gasteiger partial charge is 0.454 e. The molecule has 17 heavy (non-hydrogen) atoms. The molecule has 0 aliphatic heterocycles. The summed E-state index contributed by atoms with van der Waals surface area (Å²) in [6.45, 7) is 0. The monoisotopic (exact) mass is 268 g/mol. The quantitative estimate of drug-likeness (QED) is 0.575. The molecule has 0 N–H and O–H groups in total. The third kappa shape index (κ3) is 4.64. The van der Waals surface area contributed by atoms with Crippen molar-refractivity contribution in [2.75, 3.05) is 0 Å². The van der Waals surface area contributed by atoms with Gasteiger partial charge < -0.3 is 4.74 Å². The second kappa shape index (κ2) is 6.97. The number of ether oxygens (including phenoxy) is 1. The van der Waals surface area contributed by atoms with Gasteiger partial charge in [0.25, 0.3) is 0 Å². The van der Waals surface area contributed by atoms with Gasteiger partial charge in [0.05, 0.1) is 0 Å². The van der Waals surface area contributed by atoms with E-state index >= 15 is 0 Å². The van der Waals surface area contributed by atoms with E-state index in [4.69, 9.17) is 4.74 Å². The minimum atomic E-state index is -0.161. The standard InChI is InChI=1S/C13H16O2S2/c14-13(15-11-7-3-1-4-8-11)17-16-12-9-5-2-6-10-12/h2,5-6,9-11H,1,3-4,7-8H2. The molecule has 0 saturated heterocycles. The van der Waals surface area contributed by atoms with Crippen molar-refractivity contribution in [3.63, 3.8) is 0 Å². The SMILES string of the molecule is O=C(OC1CCCCC1)SSc1ccccc1. The van der Waals surface area contributed by atoms with Crippen LogP contribution in [-0.4, -0.2) is 11.4 Å². The van der Waals surface area contributed by atoms with Crippen molar-refractivity contribution in [2.24, 2.45) is 0 Å². The molecule has 0 amide bonds. The van der Waals surface area contributed by atoms with Crippen LogP contribution < -0.4 is 0 Å². The number of carbonyl (C=O) groups is 1. The fourth-order valence-corrected chi connectivity index (χ4v) is 3.45. The molecule has 1 aromatic rings. The molecule has 1 saturated carbocycles. The molecule has 2 nitrogen and oxygen atoms in total. The summed E-state index contributed by atoms with van der Waals surface area (Å²) in [5.41, 5.74) is 0. The van der Waals surface area contributed by atoms with Gasteiger partial charge in [0, 0.05) is 15.7 Å². The van der Waals surface area contributed by atoms with E-state index in [1.807, 2.05) is 30.3 Å². The lowest BCUT2D eigenvalue weighted by Gasteiger charge is -2.21. The zero-order valence-electron chi connectivity index (χ0n) is 9.63. The fraction of sp³-hybridized carbons (Fsp3) is 0.462. The van der Waals surface area contributed by atoms with E-state index in [1.54, 1.807) is 0 Å². The second-order valence-electron chi connectivity index (χ2n) is 4.11. The Bertz CT molecular complexity index is 348. The lowest BCUT2D eigenvalue weighted by Crippen LogP contribution is -2.18. The Morgan fingerprint density at radius 2 is 1.82 bits per heavy atom. The van der Waals surface area contributed by atoms with Gasteiger partial charge >= 0.3 is 5.30 Å². The lowest BCUT2D eigenvalue weighted by molar-refractivity contribution is 0.0970. The Hall–Kier alpha value is -0.610. The maximum atomic E-state index is 11.6. The summed E-state index contributed by atoms with van der Waals surface area (Å²) in [7, 11) is 2.64. The van der Waals surface area contributed by atoms with Crippen LogP contribution in [0.25, 0.3) is 0 Å². The first-order valence-electron chi connectivity index (χ1n) is 5.95. The molecule has 4 heteroatoms. The smallest absolute Gasteiger partial charge is 0.378 e. The summed E-state index contributed by atoms with van der Waals surface area (Å²) in [5, 5.41) is -0.161. The normalized spacial score (nSPS) is 16.7. The van der Waals surface area contributed by atoms with Gasteiger partial charge in [-0.25, -0.2) is 4.79 Å². The van der Waals surface area contributed by atoms with E-state index in [-0.39, 0.29) is 11.4 Å². The van der Waals surface area contributed by atoms with Crippen molar-refractivity contribution in [1.82, 2.24) is 0 Å². The van der Waals surface area contributed by atoms with Gasteiger partial charge in [0.15, 0.2) is 0 Å². The average molecular weight is 268 g/mol. The Labute approximate surface area is 110 Å². The molecular formula is C13H16O2S2. The van der Waals surface area contributed by atoms with E-state index in [0.29, 0.717) is 0 Å². The Morgan fingerprint density at radius 3 is 2.53 bits per heavy atom.